The largest absolute Gasteiger partial charge is 0.503 e. The van der Waals surface area contributed by atoms with Gasteiger partial charge in [-0.1, -0.05) is 37.3 Å². The fourth-order valence-electron chi connectivity index (χ4n) is 2.54. The third-order valence-corrected chi connectivity index (χ3v) is 3.74. The maximum atomic E-state index is 11.8. The molecule has 2 aromatic rings. The Morgan fingerprint density at radius 1 is 1.22 bits per heavy atom. The van der Waals surface area contributed by atoms with Crippen molar-refractivity contribution in [3.05, 3.63) is 64.1 Å². The standard InChI is InChI=1S/C18H24N2O3/c1-3-19(11-15-7-5-4-6-8-15)12-16-9-17(22)18(23)13-20(16)10-14(2)21/h4-9,13-14,21,23H,3,10-12H2,1-2H3. The van der Waals surface area contributed by atoms with Crippen molar-refractivity contribution in [2.24, 2.45) is 0 Å². The summed E-state index contributed by atoms with van der Waals surface area (Å²) in [5.74, 6) is -0.291. The highest BCUT2D eigenvalue weighted by molar-refractivity contribution is 5.21. The minimum absolute atomic E-state index is 0.291. The second-order valence-corrected chi connectivity index (χ2v) is 5.80. The zero-order valence-electron chi connectivity index (χ0n) is 13.6. The van der Waals surface area contributed by atoms with Gasteiger partial charge >= 0.3 is 0 Å². The fraction of sp³-hybridized carbons (Fsp3) is 0.389. The van der Waals surface area contributed by atoms with Gasteiger partial charge in [-0.25, -0.2) is 0 Å². The van der Waals surface area contributed by atoms with Gasteiger partial charge in [-0.3, -0.25) is 9.69 Å². The molecule has 23 heavy (non-hydrogen) atoms. The van der Waals surface area contributed by atoms with Gasteiger partial charge in [-0.05, 0) is 19.0 Å². The molecule has 1 atom stereocenters. The molecule has 0 amide bonds. The van der Waals surface area contributed by atoms with E-state index in [2.05, 4.69) is 24.0 Å². The Hall–Kier alpha value is -2.11. The number of pyridine rings is 1. The molecule has 0 aliphatic heterocycles. The van der Waals surface area contributed by atoms with Gasteiger partial charge in [0.25, 0.3) is 0 Å². The molecule has 0 bridgehead atoms. The van der Waals surface area contributed by atoms with Crippen LogP contribution in [0.3, 0.4) is 0 Å². The molecule has 0 saturated heterocycles. The van der Waals surface area contributed by atoms with E-state index in [4.69, 9.17) is 0 Å². The predicted molar refractivity (Wildman–Crippen MR) is 90.3 cm³/mol. The maximum Gasteiger partial charge on any atom is 0.223 e. The van der Waals surface area contributed by atoms with E-state index in [9.17, 15) is 15.0 Å². The molecule has 0 spiro atoms. The van der Waals surface area contributed by atoms with Gasteiger partial charge in [0.05, 0.1) is 12.3 Å². The van der Waals surface area contributed by atoms with E-state index in [0.29, 0.717) is 13.1 Å². The first-order valence-corrected chi connectivity index (χ1v) is 7.86. The number of aromatic nitrogens is 1. The Balaban J connectivity index is 2.22. The van der Waals surface area contributed by atoms with Crippen molar-refractivity contribution in [2.45, 2.75) is 39.6 Å². The molecule has 0 aliphatic carbocycles. The first-order chi connectivity index (χ1) is 11.0. The predicted octanol–water partition coefficient (Wildman–Crippen LogP) is 1.96. The minimum atomic E-state index is -0.556. The SMILES string of the molecule is CCN(Cc1ccccc1)Cc1cc(=O)c(O)cn1CC(C)O. The topological polar surface area (TPSA) is 65.7 Å². The van der Waals surface area contributed by atoms with Gasteiger partial charge < -0.3 is 14.8 Å². The molecular formula is C18H24N2O3. The Labute approximate surface area is 136 Å². The van der Waals surface area contributed by atoms with E-state index >= 15 is 0 Å². The molecular weight excluding hydrogens is 292 g/mol. The molecule has 0 radical (unpaired) electrons. The number of hydrogen-bond donors (Lipinski definition) is 2. The Morgan fingerprint density at radius 3 is 2.52 bits per heavy atom. The van der Waals surface area contributed by atoms with Gasteiger partial charge in [0.1, 0.15) is 0 Å². The molecule has 0 aliphatic rings. The molecule has 1 aromatic carbocycles. The number of nitrogens with zero attached hydrogens (tertiary/aromatic N) is 2. The lowest BCUT2D eigenvalue weighted by atomic mass is 10.2. The third-order valence-electron chi connectivity index (χ3n) is 3.74. The summed E-state index contributed by atoms with van der Waals surface area (Å²) in [5.41, 5.74) is 1.60. The van der Waals surface area contributed by atoms with Gasteiger partial charge in [0.15, 0.2) is 5.75 Å². The molecule has 0 saturated carbocycles. The monoisotopic (exact) mass is 316 g/mol. The first-order valence-electron chi connectivity index (χ1n) is 7.86. The summed E-state index contributed by atoms with van der Waals surface area (Å²) in [6, 6.07) is 11.6. The van der Waals surface area contributed by atoms with Crippen LogP contribution in [0.2, 0.25) is 0 Å². The summed E-state index contributed by atoms with van der Waals surface area (Å²) >= 11 is 0. The van der Waals surface area contributed by atoms with Crippen molar-refractivity contribution in [1.82, 2.24) is 9.47 Å². The zero-order valence-corrected chi connectivity index (χ0v) is 13.6. The van der Waals surface area contributed by atoms with E-state index < -0.39 is 11.5 Å². The average molecular weight is 316 g/mol. The van der Waals surface area contributed by atoms with Crippen LogP contribution in [0.4, 0.5) is 0 Å². The van der Waals surface area contributed by atoms with E-state index in [1.165, 1.54) is 17.8 Å². The summed E-state index contributed by atoms with van der Waals surface area (Å²) in [4.78, 5) is 14.0. The minimum Gasteiger partial charge on any atom is -0.503 e. The highest BCUT2D eigenvalue weighted by Gasteiger charge is 2.12. The van der Waals surface area contributed by atoms with Crippen molar-refractivity contribution in [3.8, 4) is 5.75 Å². The fourth-order valence-corrected chi connectivity index (χ4v) is 2.54. The number of rotatable bonds is 7. The van der Waals surface area contributed by atoms with Crippen LogP contribution in [0.1, 0.15) is 25.1 Å². The van der Waals surface area contributed by atoms with Gasteiger partial charge in [-0.15, -0.1) is 0 Å². The van der Waals surface area contributed by atoms with Crippen LogP contribution in [-0.4, -0.2) is 32.3 Å². The summed E-state index contributed by atoms with van der Waals surface area (Å²) < 4.78 is 1.75. The van der Waals surface area contributed by atoms with Crippen LogP contribution in [-0.2, 0) is 19.6 Å². The van der Waals surface area contributed by atoms with Crippen LogP contribution < -0.4 is 5.43 Å². The number of aromatic hydroxyl groups is 1. The van der Waals surface area contributed by atoms with Crippen LogP contribution >= 0.6 is 0 Å². The van der Waals surface area contributed by atoms with E-state index in [1.54, 1.807) is 11.5 Å². The van der Waals surface area contributed by atoms with Gasteiger partial charge in [0, 0.05) is 31.4 Å². The first kappa shape index (κ1) is 17.2. The van der Waals surface area contributed by atoms with E-state index in [1.807, 2.05) is 18.2 Å². The van der Waals surface area contributed by atoms with Crippen molar-refractivity contribution in [1.29, 1.82) is 0 Å². The van der Waals surface area contributed by atoms with E-state index in [0.717, 1.165) is 18.8 Å². The molecule has 1 unspecified atom stereocenters. The smallest absolute Gasteiger partial charge is 0.223 e. The van der Waals surface area contributed by atoms with Crippen molar-refractivity contribution < 1.29 is 10.2 Å². The third kappa shape index (κ3) is 4.94. The summed E-state index contributed by atoms with van der Waals surface area (Å²) in [6.45, 7) is 6.28. The molecule has 124 valence electrons. The second kappa shape index (κ2) is 7.94. The van der Waals surface area contributed by atoms with Crippen LogP contribution in [0.25, 0.3) is 0 Å². The zero-order chi connectivity index (χ0) is 16.8. The van der Waals surface area contributed by atoms with E-state index in [-0.39, 0.29) is 5.75 Å². The number of aliphatic hydroxyl groups excluding tert-OH is 1. The molecule has 1 heterocycles. The van der Waals surface area contributed by atoms with Crippen LogP contribution in [0.15, 0.2) is 47.4 Å². The van der Waals surface area contributed by atoms with Crippen molar-refractivity contribution in [2.75, 3.05) is 6.54 Å². The molecule has 1 aromatic heterocycles. The van der Waals surface area contributed by atoms with Gasteiger partial charge in [0.2, 0.25) is 5.43 Å². The van der Waals surface area contributed by atoms with Crippen LogP contribution in [0.5, 0.6) is 5.75 Å². The molecule has 5 nitrogen and oxygen atoms in total. The van der Waals surface area contributed by atoms with Crippen LogP contribution in [0, 0.1) is 0 Å². The second-order valence-electron chi connectivity index (χ2n) is 5.80. The van der Waals surface area contributed by atoms with Gasteiger partial charge in [-0.2, -0.15) is 0 Å². The average Bonchev–Trinajstić information content (AvgIpc) is 2.52. The maximum absolute atomic E-state index is 11.8. The highest BCUT2D eigenvalue weighted by atomic mass is 16.3. The lowest BCUT2D eigenvalue weighted by Crippen LogP contribution is -2.27. The Morgan fingerprint density at radius 2 is 1.91 bits per heavy atom. The normalized spacial score (nSPS) is 12.5. The summed E-state index contributed by atoms with van der Waals surface area (Å²) in [7, 11) is 0. The lowest BCUT2D eigenvalue weighted by molar-refractivity contribution is 0.168. The highest BCUT2D eigenvalue weighted by Crippen LogP contribution is 2.12. The Bertz CT molecular complexity index is 680. The van der Waals surface area contributed by atoms with Crippen molar-refractivity contribution in [3.63, 3.8) is 0 Å². The summed E-state index contributed by atoms with van der Waals surface area (Å²) in [6.07, 6.45) is 0.848. The Kier molecular flexibility index (Phi) is 5.96. The molecule has 5 heteroatoms. The summed E-state index contributed by atoms with van der Waals surface area (Å²) in [5, 5.41) is 19.3. The molecule has 0 fully saturated rings. The lowest BCUT2D eigenvalue weighted by Gasteiger charge is -2.23. The quantitative estimate of drug-likeness (QED) is 0.819. The number of hydrogen-bond acceptors (Lipinski definition) is 4. The molecule has 2 N–H and O–H groups in total. The molecule has 2 rings (SSSR count). The van der Waals surface area contributed by atoms with Crippen molar-refractivity contribution >= 4 is 0 Å². The number of benzene rings is 1. The number of aliphatic hydroxyl groups is 1.